The topological polar surface area (TPSA) is 23.6 Å². The molecule has 3 heteroatoms. The van der Waals surface area contributed by atoms with Crippen LogP contribution >= 0.6 is 0 Å². The van der Waals surface area contributed by atoms with Gasteiger partial charge in [0.15, 0.2) is 0 Å². The molecular formula is C14H16N2O. The van der Waals surface area contributed by atoms with E-state index in [2.05, 4.69) is 18.2 Å². The van der Waals surface area contributed by atoms with Crippen molar-refractivity contribution in [1.82, 2.24) is 4.90 Å². The normalized spacial score (nSPS) is 19.3. The lowest BCUT2D eigenvalue weighted by atomic mass is 9.91. The van der Waals surface area contributed by atoms with Crippen molar-refractivity contribution in [2.24, 2.45) is 0 Å². The molecule has 1 aromatic carbocycles. The maximum Gasteiger partial charge on any atom is 0.270 e. The molecule has 0 aromatic heterocycles. The van der Waals surface area contributed by atoms with Crippen molar-refractivity contribution in [3.05, 3.63) is 41.1 Å². The van der Waals surface area contributed by atoms with Crippen LogP contribution in [0.2, 0.25) is 0 Å². The number of benzene rings is 1. The number of fused-ring (bicyclic) bond motifs is 1. The fraction of sp³-hybridized carbons (Fsp3) is 0.357. The Kier molecular flexibility index (Phi) is 2.21. The number of hydrogen-bond donors (Lipinski definition) is 0. The third-order valence-electron chi connectivity index (χ3n) is 3.73. The standard InChI is InChI=1S/C14H16N2O/c1-15-8-7-11-9-10-5-3-4-6-12(10)16(2)13(11)14(15)17/h3-6H,7-9H2,1-2H3. The number of nitrogens with zero attached hydrogens (tertiary/aromatic N) is 2. The Bertz CT molecular complexity index is 519. The highest BCUT2D eigenvalue weighted by molar-refractivity contribution is 5.99. The van der Waals surface area contributed by atoms with E-state index in [1.54, 1.807) is 0 Å². The zero-order valence-electron chi connectivity index (χ0n) is 10.2. The van der Waals surface area contributed by atoms with E-state index in [4.69, 9.17) is 0 Å². The van der Waals surface area contributed by atoms with Gasteiger partial charge in [0.05, 0.1) is 0 Å². The minimum absolute atomic E-state index is 0.156. The van der Waals surface area contributed by atoms with E-state index in [0.29, 0.717) is 0 Å². The van der Waals surface area contributed by atoms with Gasteiger partial charge in [0.1, 0.15) is 5.70 Å². The predicted octanol–water partition coefficient (Wildman–Crippen LogP) is 1.80. The van der Waals surface area contributed by atoms with Crippen LogP contribution in [0.4, 0.5) is 5.69 Å². The molecule has 1 aromatic rings. The first-order valence-electron chi connectivity index (χ1n) is 5.97. The van der Waals surface area contributed by atoms with E-state index in [0.717, 1.165) is 30.8 Å². The van der Waals surface area contributed by atoms with Crippen LogP contribution in [-0.2, 0) is 11.2 Å². The molecule has 0 spiro atoms. The second-order valence-electron chi connectivity index (χ2n) is 4.79. The lowest BCUT2D eigenvalue weighted by molar-refractivity contribution is -0.126. The van der Waals surface area contributed by atoms with E-state index in [9.17, 15) is 4.79 Å². The molecule has 88 valence electrons. The summed E-state index contributed by atoms with van der Waals surface area (Å²) in [6.07, 6.45) is 1.92. The lowest BCUT2D eigenvalue weighted by Gasteiger charge is -2.37. The van der Waals surface area contributed by atoms with E-state index in [1.807, 2.05) is 30.0 Å². The first-order chi connectivity index (χ1) is 8.18. The lowest BCUT2D eigenvalue weighted by Crippen LogP contribution is -2.42. The second-order valence-corrected chi connectivity index (χ2v) is 4.79. The van der Waals surface area contributed by atoms with Gasteiger partial charge in [-0.25, -0.2) is 0 Å². The van der Waals surface area contributed by atoms with E-state index in [-0.39, 0.29) is 5.91 Å². The molecule has 2 aliphatic rings. The molecular weight excluding hydrogens is 212 g/mol. The average molecular weight is 228 g/mol. The summed E-state index contributed by atoms with van der Waals surface area (Å²) in [6.45, 7) is 0.841. The molecule has 3 nitrogen and oxygen atoms in total. The summed E-state index contributed by atoms with van der Waals surface area (Å²) in [6, 6.07) is 8.33. The Balaban J connectivity index is 2.10. The molecule has 0 bridgehead atoms. The Morgan fingerprint density at radius 2 is 1.94 bits per heavy atom. The number of amides is 1. The Hall–Kier alpha value is -1.77. The molecule has 2 heterocycles. The SMILES string of the molecule is CN1CCC2=C(C1=O)N(C)c1ccccc1C2. The van der Waals surface area contributed by atoms with Crippen LogP contribution < -0.4 is 4.90 Å². The predicted molar refractivity (Wildman–Crippen MR) is 67.8 cm³/mol. The van der Waals surface area contributed by atoms with Crippen LogP contribution in [0.3, 0.4) is 0 Å². The monoisotopic (exact) mass is 228 g/mol. The fourth-order valence-electron chi connectivity index (χ4n) is 2.75. The zero-order valence-corrected chi connectivity index (χ0v) is 10.2. The summed E-state index contributed by atoms with van der Waals surface area (Å²) in [7, 11) is 3.87. The van der Waals surface area contributed by atoms with Gasteiger partial charge < -0.3 is 9.80 Å². The van der Waals surface area contributed by atoms with Gasteiger partial charge >= 0.3 is 0 Å². The highest BCUT2D eigenvalue weighted by atomic mass is 16.2. The maximum atomic E-state index is 12.2. The van der Waals surface area contributed by atoms with Crippen LogP contribution in [0.25, 0.3) is 0 Å². The zero-order chi connectivity index (χ0) is 12.0. The summed E-state index contributed by atoms with van der Waals surface area (Å²) in [5.41, 5.74) is 4.66. The average Bonchev–Trinajstić information content (AvgIpc) is 2.34. The van der Waals surface area contributed by atoms with Crippen LogP contribution in [0.1, 0.15) is 12.0 Å². The molecule has 0 saturated carbocycles. The van der Waals surface area contributed by atoms with Crippen LogP contribution in [0.15, 0.2) is 35.5 Å². The molecule has 0 unspecified atom stereocenters. The fourth-order valence-corrected chi connectivity index (χ4v) is 2.75. The summed E-state index contributed by atoms with van der Waals surface area (Å²) in [5, 5.41) is 0. The summed E-state index contributed by atoms with van der Waals surface area (Å²) < 4.78 is 0. The molecule has 2 aliphatic heterocycles. The molecule has 0 N–H and O–H groups in total. The van der Waals surface area contributed by atoms with Crippen molar-refractivity contribution in [1.29, 1.82) is 0 Å². The number of carbonyl (C=O) groups is 1. The highest BCUT2D eigenvalue weighted by Crippen LogP contribution is 2.35. The maximum absolute atomic E-state index is 12.2. The summed E-state index contributed by atoms with van der Waals surface area (Å²) in [4.78, 5) is 16.1. The summed E-state index contributed by atoms with van der Waals surface area (Å²) in [5.74, 6) is 0.156. The van der Waals surface area contributed by atoms with Crippen molar-refractivity contribution in [2.75, 3.05) is 25.5 Å². The van der Waals surface area contributed by atoms with Gasteiger partial charge in [-0.05, 0) is 30.0 Å². The number of likely N-dealkylation sites (N-methyl/N-ethyl adjacent to an activating group) is 2. The first kappa shape index (κ1) is 10.4. The van der Waals surface area contributed by atoms with Crippen LogP contribution in [0, 0.1) is 0 Å². The van der Waals surface area contributed by atoms with Crippen molar-refractivity contribution in [3.63, 3.8) is 0 Å². The van der Waals surface area contributed by atoms with E-state index < -0.39 is 0 Å². The number of para-hydroxylation sites is 1. The summed E-state index contributed by atoms with van der Waals surface area (Å²) >= 11 is 0. The second kappa shape index (κ2) is 3.62. The molecule has 0 aliphatic carbocycles. The van der Waals surface area contributed by atoms with Gasteiger partial charge in [-0.2, -0.15) is 0 Å². The van der Waals surface area contributed by atoms with Gasteiger partial charge in [-0.1, -0.05) is 18.2 Å². The molecule has 0 fully saturated rings. The van der Waals surface area contributed by atoms with Gasteiger partial charge in [-0.3, -0.25) is 4.79 Å². The van der Waals surface area contributed by atoms with Crippen molar-refractivity contribution < 1.29 is 4.79 Å². The minimum Gasteiger partial charge on any atom is -0.340 e. The minimum atomic E-state index is 0.156. The van der Waals surface area contributed by atoms with Crippen LogP contribution in [0.5, 0.6) is 0 Å². The Morgan fingerprint density at radius 1 is 1.18 bits per heavy atom. The van der Waals surface area contributed by atoms with Crippen LogP contribution in [-0.4, -0.2) is 31.4 Å². The number of hydrogen-bond acceptors (Lipinski definition) is 2. The Labute approximate surface area is 101 Å². The number of carbonyl (C=O) groups excluding carboxylic acids is 1. The quantitative estimate of drug-likeness (QED) is 0.676. The third kappa shape index (κ3) is 1.46. The van der Waals surface area contributed by atoms with Gasteiger partial charge in [-0.15, -0.1) is 0 Å². The number of anilines is 1. The first-order valence-corrected chi connectivity index (χ1v) is 5.97. The van der Waals surface area contributed by atoms with E-state index >= 15 is 0 Å². The molecule has 0 radical (unpaired) electrons. The molecule has 1 amide bonds. The van der Waals surface area contributed by atoms with Crippen molar-refractivity contribution >= 4 is 11.6 Å². The van der Waals surface area contributed by atoms with E-state index in [1.165, 1.54) is 11.1 Å². The number of rotatable bonds is 0. The third-order valence-corrected chi connectivity index (χ3v) is 3.73. The Morgan fingerprint density at radius 3 is 2.76 bits per heavy atom. The molecule has 17 heavy (non-hydrogen) atoms. The largest absolute Gasteiger partial charge is 0.340 e. The van der Waals surface area contributed by atoms with Crippen molar-refractivity contribution in [3.8, 4) is 0 Å². The molecule has 3 rings (SSSR count). The van der Waals surface area contributed by atoms with Gasteiger partial charge in [0, 0.05) is 26.3 Å². The smallest absolute Gasteiger partial charge is 0.270 e. The van der Waals surface area contributed by atoms with Crippen molar-refractivity contribution in [2.45, 2.75) is 12.8 Å². The molecule has 0 atom stereocenters. The van der Waals surface area contributed by atoms with Gasteiger partial charge in [0.2, 0.25) is 0 Å². The van der Waals surface area contributed by atoms with Gasteiger partial charge in [0.25, 0.3) is 5.91 Å². The highest BCUT2D eigenvalue weighted by Gasteiger charge is 2.31. The molecule has 0 saturated heterocycles.